The molecule has 2 heterocycles. The van der Waals surface area contributed by atoms with Gasteiger partial charge in [0, 0.05) is 6.07 Å². The minimum absolute atomic E-state index is 0. The lowest BCUT2D eigenvalue weighted by Gasteiger charge is -2.02. The van der Waals surface area contributed by atoms with E-state index in [9.17, 15) is 0 Å². The Bertz CT molecular complexity index is 734. The molecule has 4 heteroatoms. The fourth-order valence-corrected chi connectivity index (χ4v) is 2.14. The third kappa shape index (κ3) is 2.85. The Morgan fingerprint density at radius 2 is 2.00 bits per heavy atom. The molecule has 3 rings (SSSR count). The summed E-state index contributed by atoms with van der Waals surface area (Å²) in [5.41, 5.74) is 4.04. The van der Waals surface area contributed by atoms with Gasteiger partial charge in [-0.3, -0.25) is 0 Å². The standard InChI is InChI=1S/C16H17N2O.HI/c1-11(2)12-6-7-15-14(9-12)17-16(19-15)13-5-4-8-18(3)10-13;/h4-11H,1-3H3;1H/q+1;/p-1. The Kier molecular flexibility index (Phi) is 4.42. The molecule has 2 aromatic heterocycles. The van der Waals surface area contributed by atoms with Crippen molar-refractivity contribution in [3.05, 3.63) is 48.3 Å². The van der Waals surface area contributed by atoms with E-state index in [2.05, 4.69) is 31.0 Å². The third-order valence-corrected chi connectivity index (χ3v) is 3.26. The van der Waals surface area contributed by atoms with E-state index in [1.807, 2.05) is 42.2 Å². The molecule has 0 bridgehead atoms. The molecule has 0 aliphatic rings. The number of aromatic nitrogens is 2. The lowest BCUT2D eigenvalue weighted by Crippen LogP contribution is -3.00. The topological polar surface area (TPSA) is 29.9 Å². The summed E-state index contributed by atoms with van der Waals surface area (Å²) in [5, 5.41) is 0. The number of fused-ring (bicyclic) bond motifs is 1. The average molecular weight is 380 g/mol. The molecule has 0 unspecified atom stereocenters. The molecule has 20 heavy (non-hydrogen) atoms. The third-order valence-electron chi connectivity index (χ3n) is 3.26. The number of hydrogen-bond acceptors (Lipinski definition) is 2. The quantitative estimate of drug-likeness (QED) is 0.477. The molecular formula is C16H17IN2O. The molecule has 0 saturated heterocycles. The van der Waals surface area contributed by atoms with Gasteiger partial charge in [0.25, 0.3) is 0 Å². The van der Waals surface area contributed by atoms with Crippen LogP contribution in [0, 0.1) is 0 Å². The Morgan fingerprint density at radius 1 is 1.20 bits per heavy atom. The molecule has 0 amide bonds. The van der Waals surface area contributed by atoms with Crippen LogP contribution in [0.15, 0.2) is 47.1 Å². The number of oxazole rings is 1. The lowest BCUT2D eigenvalue weighted by molar-refractivity contribution is -0.671. The SMILES string of the molecule is CC(C)c1ccc2oc(-c3ccc[n+](C)c3)nc2c1.[I-]. The maximum absolute atomic E-state index is 5.82. The summed E-state index contributed by atoms with van der Waals surface area (Å²) in [6.45, 7) is 4.36. The molecule has 1 aromatic carbocycles. The van der Waals surface area contributed by atoms with E-state index in [-0.39, 0.29) is 24.0 Å². The zero-order valence-electron chi connectivity index (χ0n) is 11.8. The second kappa shape index (κ2) is 5.91. The van der Waals surface area contributed by atoms with Crippen molar-refractivity contribution in [2.75, 3.05) is 0 Å². The van der Waals surface area contributed by atoms with Gasteiger partial charge in [0.15, 0.2) is 18.0 Å². The minimum Gasteiger partial charge on any atom is -1.00 e. The van der Waals surface area contributed by atoms with Crippen LogP contribution in [0.3, 0.4) is 0 Å². The van der Waals surface area contributed by atoms with Gasteiger partial charge in [0.1, 0.15) is 18.1 Å². The van der Waals surface area contributed by atoms with Crippen molar-refractivity contribution < 1.29 is 33.0 Å². The van der Waals surface area contributed by atoms with Gasteiger partial charge in [-0.05, 0) is 29.7 Å². The van der Waals surface area contributed by atoms with Gasteiger partial charge in [-0.1, -0.05) is 19.9 Å². The molecule has 104 valence electrons. The number of aryl methyl sites for hydroxylation is 1. The van der Waals surface area contributed by atoms with Crippen LogP contribution in [0.4, 0.5) is 0 Å². The molecule has 0 aliphatic carbocycles. The molecule has 0 atom stereocenters. The summed E-state index contributed by atoms with van der Waals surface area (Å²) in [5.74, 6) is 1.17. The first-order valence-electron chi connectivity index (χ1n) is 6.49. The first-order valence-corrected chi connectivity index (χ1v) is 6.49. The fraction of sp³-hybridized carbons (Fsp3) is 0.250. The lowest BCUT2D eigenvalue weighted by atomic mass is 10.0. The first kappa shape index (κ1) is 15.0. The van der Waals surface area contributed by atoms with Crippen LogP contribution >= 0.6 is 0 Å². The van der Waals surface area contributed by atoms with Crippen molar-refractivity contribution in [1.29, 1.82) is 0 Å². The maximum atomic E-state index is 5.82. The summed E-state index contributed by atoms with van der Waals surface area (Å²) in [6, 6.07) is 10.2. The van der Waals surface area contributed by atoms with Crippen molar-refractivity contribution in [1.82, 2.24) is 4.98 Å². The largest absolute Gasteiger partial charge is 1.00 e. The van der Waals surface area contributed by atoms with E-state index in [0.29, 0.717) is 11.8 Å². The van der Waals surface area contributed by atoms with E-state index >= 15 is 0 Å². The summed E-state index contributed by atoms with van der Waals surface area (Å²) in [6.07, 6.45) is 4.00. The average Bonchev–Trinajstić information content (AvgIpc) is 2.81. The summed E-state index contributed by atoms with van der Waals surface area (Å²) >= 11 is 0. The zero-order chi connectivity index (χ0) is 13.4. The fourth-order valence-electron chi connectivity index (χ4n) is 2.14. The molecule has 0 aliphatic heterocycles. The van der Waals surface area contributed by atoms with Crippen LogP contribution < -0.4 is 28.5 Å². The van der Waals surface area contributed by atoms with Gasteiger partial charge in [-0.25, -0.2) is 9.55 Å². The Hall–Kier alpha value is -1.43. The highest BCUT2D eigenvalue weighted by molar-refractivity contribution is 5.76. The van der Waals surface area contributed by atoms with Crippen molar-refractivity contribution in [3.63, 3.8) is 0 Å². The summed E-state index contributed by atoms with van der Waals surface area (Å²) in [4.78, 5) is 4.59. The first-order chi connectivity index (χ1) is 9.13. The van der Waals surface area contributed by atoms with Gasteiger partial charge in [0.05, 0.1) is 0 Å². The number of benzene rings is 1. The molecule has 0 spiro atoms. The monoisotopic (exact) mass is 380 g/mol. The highest BCUT2D eigenvalue weighted by Gasteiger charge is 2.11. The number of nitrogens with zero attached hydrogens (tertiary/aromatic N) is 2. The molecule has 0 fully saturated rings. The number of pyridine rings is 1. The highest BCUT2D eigenvalue weighted by Crippen LogP contribution is 2.26. The van der Waals surface area contributed by atoms with Crippen LogP contribution in [-0.4, -0.2) is 4.98 Å². The minimum atomic E-state index is 0. The van der Waals surface area contributed by atoms with Crippen LogP contribution in [0.5, 0.6) is 0 Å². The van der Waals surface area contributed by atoms with Crippen molar-refractivity contribution in [2.24, 2.45) is 7.05 Å². The van der Waals surface area contributed by atoms with Crippen LogP contribution in [0.1, 0.15) is 25.3 Å². The molecule has 3 nitrogen and oxygen atoms in total. The van der Waals surface area contributed by atoms with Gasteiger partial charge in [0.2, 0.25) is 5.89 Å². The number of hydrogen-bond donors (Lipinski definition) is 0. The van der Waals surface area contributed by atoms with E-state index in [0.717, 1.165) is 16.7 Å². The van der Waals surface area contributed by atoms with Crippen LogP contribution in [0.25, 0.3) is 22.6 Å². The van der Waals surface area contributed by atoms with Crippen LogP contribution in [0.2, 0.25) is 0 Å². The molecule has 0 N–H and O–H groups in total. The normalized spacial score (nSPS) is 10.8. The van der Waals surface area contributed by atoms with Crippen molar-refractivity contribution >= 4 is 11.1 Å². The smallest absolute Gasteiger partial charge is 0.233 e. The second-order valence-electron chi connectivity index (χ2n) is 5.16. The molecular weight excluding hydrogens is 363 g/mol. The number of halogens is 1. The van der Waals surface area contributed by atoms with Gasteiger partial charge >= 0.3 is 0 Å². The highest BCUT2D eigenvalue weighted by atomic mass is 127. The van der Waals surface area contributed by atoms with Crippen molar-refractivity contribution in [2.45, 2.75) is 19.8 Å². The predicted molar refractivity (Wildman–Crippen MR) is 74.7 cm³/mol. The maximum Gasteiger partial charge on any atom is 0.233 e. The van der Waals surface area contributed by atoms with Crippen molar-refractivity contribution in [3.8, 4) is 11.5 Å². The van der Waals surface area contributed by atoms with E-state index in [1.54, 1.807) is 0 Å². The van der Waals surface area contributed by atoms with E-state index < -0.39 is 0 Å². The van der Waals surface area contributed by atoms with Gasteiger partial charge < -0.3 is 28.4 Å². The Labute approximate surface area is 135 Å². The Morgan fingerprint density at radius 3 is 2.70 bits per heavy atom. The van der Waals surface area contributed by atoms with E-state index in [1.165, 1.54) is 5.56 Å². The molecule has 3 aromatic rings. The number of rotatable bonds is 2. The molecule has 0 radical (unpaired) electrons. The van der Waals surface area contributed by atoms with Gasteiger partial charge in [-0.15, -0.1) is 0 Å². The van der Waals surface area contributed by atoms with Gasteiger partial charge in [-0.2, -0.15) is 0 Å². The molecule has 0 saturated carbocycles. The summed E-state index contributed by atoms with van der Waals surface area (Å²) < 4.78 is 7.81. The zero-order valence-corrected chi connectivity index (χ0v) is 14.0. The second-order valence-corrected chi connectivity index (χ2v) is 5.16. The Balaban J connectivity index is 0.00000147. The predicted octanol–water partition coefficient (Wildman–Crippen LogP) is 0.447. The summed E-state index contributed by atoms with van der Waals surface area (Å²) in [7, 11) is 1.99. The van der Waals surface area contributed by atoms with Crippen LogP contribution in [-0.2, 0) is 7.05 Å². The van der Waals surface area contributed by atoms with E-state index in [4.69, 9.17) is 4.42 Å².